The van der Waals surface area contributed by atoms with Gasteiger partial charge in [0.1, 0.15) is 12.1 Å². The molecule has 2 aromatic rings. The number of rotatable bonds is 5. The average Bonchev–Trinajstić information content (AvgIpc) is 3.17. The van der Waals surface area contributed by atoms with Crippen molar-refractivity contribution < 1.29 is 4.74 Å². The molecule has 1 fully saturated rings. The van der Waals surface area contributed by atoms with Crippen LogP contribution in [0.4, 0.5) is 0 Å². The van der Waals surface area contributed by atoms with Crippen molar-refractivity contribution in [3.63, 3.8) is 0 Å². The zero-order valence-electron chi connectivity index (χ0n) is 19.8. The Morgan fingerprint density at radius 3 is 2.03 bits per heavy atom. The van der Waals surface area contributed by atoms with Crippen LogP contribution in [0.3, 0.4) is 0 Å². The van der Waals surface area contributed by atoms with Gasteiger partial charge in [-0.3, -0.25) is 0 Å². The van der Waals surface area contributed by atoms with Crippen molar-refractivity contribution in [3.05, 3.63) is 47.0 Å². The van der Waals surface area contributed by atoms with Crippen molar-refractivity contribution in [3.8, 4) is 16.9 Å². The van der Waals surface area contributed by atoms with Gasteiger partial charge in [0, 0.05) is 5.30 Å². The molecule has 0 N–H and O–H groups in total. The van der Waals surface area contributed by atoms with Crippen LogP contribution in [0.2, 0.25) is 0 Å². The standard InChI is InChI=1S/C28H39OP/c1-18(2)21-15-24(19(3)4)27(25(16-21)20(5)6)23-13-10-14-26-28(23)30(17-29-26)22-11-8-7-9-12-22/h10,13-16,18-20,22H,7-9,11-12,17H2,1-6H3. The van der Waals surface area contributed by atoms with E-state index >= 15 is 0 Å². The van der Waals surface area contributed by atoms with E-state index in [0.29, 0.717) is 17.8 Å². The lowest BCUT2D eigenvalue weighted by Crippen LogP contribution is -2.18. The Hall–Kier alpha value is -1.33. The van der Waals surface area contributed by atoms with Crippen LogP contribution in [0.1, 0.15) is 108 Å². The quantitative estimate of drug-likeness (QED) is 0.439. The molecule has 2 aromatic carbocycles. The maximum atomic E-state index is 6.32. The van der Waals surface area contributed by atoms with E-state index in [-0.39, 0.29) is 7.92 Å². The van der Waals surface area contributed by atoms with Gasteiger partial charge in [-0.25, -0.2) is 0 Å². The Labute approximate surface area is 185 Å². The van der Waals surface area contributed by atoms with Crippen molar-refractivity contribution >= 4 is 13.2 Å². The Kier molecular flexibility index (Phi) is 6.59. The van der Waals surface area contributed by atoms with Gasteiger partial charge in [0.25, 0.3) is 0 Å². The van der Waals surface area contributed by atoms with E-state index in [1.165, 1.54) is 65.7 Å². The molecule has 0 bridgehead atoms. The summed E-state index contributed by atoms with van der Waals surface area (Å²) in [7, 11) is -0.229. The molecule has 1 nitrogen and oxygen atoms in total. The van der Waals surface area contributed by atoms with Gasteiger partial charge in [0.15, 0.2) is 0 Å². The molecule has 1 aliphatic heterocycles. The van der Waals surface area contributed by atoms with E-state index in [1.54, 1.807) is 5.30 Å². The van der Waals surface area contributed by atoms with Crippen molar-refractivity contribution in [2.45, 2.75) is 97.1 Å². The molecule has 1 unspecified atom stereocenters. The number of ether oxygens (including phenoxy) is 1. The maximum Gasteiger partial charge on any atom is 0.128 e. The summed E-state index contributed by atoms with van der Waals surface area (Å²) in [5.74, 6) is 2.74. The van der Waals surface area contributed by atoms with Crippen LogP contribution in [-0.2, 0) is 0 Å². The molecule has 0 amide bonds. The SMILES string of the molecule is CC(C)c1cc(C(C)C)c(-c2cccc3c2P(C2CCCCC2)CO3)c(C(C)C)c1. The predicted octanol–water partition coefficient (Wildman–Crippen LogP) is 8.51. The third-order valence-corrected chi connectivity index (χ3v) is 9.90. The Balaban J connectivity index is 1.92. The highest BCUT2D eigenvalue weighted by Gasteiger charge is 2.35. The van der Waals surface area contributed by atoms with Gasteiger partial charge in [0.05, 0.1) is 0 Å². The van der Waals surface area contributed by atoms with Crippen LogP contribution in [0.25, 0.3) is 11.1 Å². The normalized spacial score (nSPS) is 19.6. The lowest BCUT2D eigenvalue weighted by molar-refractivity contribution is 0.399. The van der Waals surface area contributed by atoms with Gasteiger partial charge >= 0.3 is 0 Å². The highest BCUT2D eigenvalue weighted by Crippen LogP contribution is 2.55. The molecule has 1 aliphatic carbocycles. The Bertz CT molecular complexity index is 861. The molecule has 1 atom stereocenters. The molecule has 30 heavy (non-hydrogen) atoms. The first-order valence-electron chi connectivity index (χ1n) is 12.1. The summed E-state index contributed by atoms with van der Waals surface area (Å²) in [6, 6.07) is 11.8. The van der Waals surface area contributed by atoms with Gasteiger partial charge in [-0.1, -0.05) is 85.1 Å². The number of benzene rings is 2. The minimum atomic E-state index is -0.229. The molecule has 1 saturated carbocycles. The molecule has 0 spiro atoms. The van der Waals surface area contributed by atoms with Crippen molar-refractivity contribution in [2.24, 2.45) is 0 Å². The van der Waals surface area contributed by atoms with Crippen molar-refractivity contribution in [2.75, 3.05) is 6.35 Å². The van der Waals surface area contributed by atoms with Gasteiger partial charge < -0.3 is 4.74 Å². The molecular weight excluding hydrogens is 383 g/mol. The van der Waals surface area contributed by atoms with Crippen LogP contribution < -0.4 is 10.0 Å². The molecule has 1 heterocycles. The number of hydrogen-bond acceptors (Lipinski definition) is 1. The van der Waals surface area contributed by atoms with Gasteiger partial charge in [0.2, 0.25) is 0 Å². The van der Waals surface area contributed by atoms with E-state index < -0.39 is 0 Å². The summed E-state index contributed by atoms with van der Waals surface area (Å²) in [4.78, 5) is 0. The van der Waals surface area contributed by atoms with Crippen LogP contribution in [0.15, 0.2) is 30.3 Å². The molecule has 162 valence electrons. The first-order chi connectivity index (χ1) is 14.4. The molecule has 4 rings (SSSR count). The van der Waals surface area contributed by atoms with Crippen molar-refractivity contribution in [1.82, 2.24) is 0 Å². The summed E-state index contributed by atoms with van der Waals surface area (Å²) in [6.45, 7) is 14.1. The highest BCUT2D eigenvalue weighted by atomic mass is 31.1. The molecule has 0 saturated heterocycles. The summed E-state index contributed by atoms with van der Waals surface area (Å²) in [5, 5.41) is 1.57. The zero-order chi connectivity index (χ0) is 21.4. The fourth-order valence-corrected chi connectivity index (χ4v) is 8.18. The maximum absolute atomic E-state index is 6.32. The van der Waals surface area contributed by atoms with Crippen molar-refractivity contribution in [1.29, 1.82) is 0 Å². The molecular formula is C28H39OP. The summed E-state index contributed by atoms with van der Waals surface area (Å²) in [5.41, 5.74) is 8.34. The van der Waals surface area contributed by atoms with E-state index in [9.17, 15) is 0 Å². The molecule has 0 aromatic heterocycles. The van der Waals surface area contributed by atoms with Gasteiger partial charge in [-0.2, -0.15) is 0 Å². The largest absolute Gasteiger partial charge is 0.488 e. The lowest BCUT2D eigenvalue weighted by atomic mass is 9.82. The summed E-state index contributed by atoms with van der Waals surface area (Å²) in [6.07, 6.45) is 7.94. The minimum Gasteiger partial charge on any atom is -0.488 e. The lowest BCUT2D eigenvalue weighted by Gasteiger charge is -2.29. The molecule has 0 radical (unpaired) electrons. The smallest absolute Gasteiger partial charge is 0.128 e. The fourth-order valence-electron chi connectivity index (χ4n) is 5.29. The van der Waals surface area contributed by atoms with E-state index in [1.807, 2.05) is 0 Å². The second-order valence-corrected chi connectivity index (χ2v) is 12.6. The molecule has 2 aliphatic rings. The number of fused-ring (bicyclic) bond motifs is 1. The van der Waals surface area contributed by atoms with Crippen LogP contribution in [0.5, 0.6) is 5.75 Å². The van der Waals surface area contributed by atoms with E-state index in [4.69, 9.17) is 4.74 Å². The second kappa shape index (κ2) is 9.04. The zero-order valence-corrected chi connectivity index (χ0v) is 20.7. The Morgan fingerprint density at radius 1 is 0.833 bits per heavy atom. The number of hydrogen-bond donors (Lipinski definition) is 0. The highest BCUT2D eigenvalue weighted by molar-refractivity contribution is 7.67. The van der Waals surface area contributed by atoms with E-state index in [0.717, 1.165) is 12.0 Å². The topological polar surface area (TPSA) is 9.23 Å². The second-order valence-electron chi connectivity index (χ2n) is 10.2. The summed E-state index contributed by atoms with van der Waals surface area (Å²) < 4.78 is 6.32. The van der Waals surface area contributed by atoms with Crippen LogP contribution in [0, 0.1) is 0 Å². The fraction of sp³-hybridized carbons (Fsp3) is 0.571. The molecule has 2 heteroatoms. The third kappa shape index (κ3) is 4.08. The monoisotopic (exact) mass is 422 g/mol. The Morgan fingerprint density at radius 2 is 1.47 bits per heavy atom. The van der Waals surface area contributed by atoms with E-state index in [2.05, 4.69) is 71.9 Å². The predicted molar refractivity (Wildman–Crippen MR) is 133 cm³/mol. The third-order valence-electron chi connectivity index (χ3n) is 7.06. The van der Waals surface area contributed by atoms with Crippen LogP contribution >= 0.6 is 7.92 Å². The first-order valence-corrected chi connectivity index (χ1v) is 13.7. The minimum absolute atomic E-state index is 0.229. The van der Waals surface area contributed by atoms with Gasteiger partial charge in [-0.15, -0.1) is 0 Å². The van der Waals surface area contributed by atoms with Crippen LogP contribution in [-0.4, -0.2) is 12.0 Å². The van der Waals surface area contributed by atoms with Gasteiger partial charge in [-0.05, 0) is 78.1 Å². The average molecular weight is 423 g/mol. The summed E-state index contributed by atoms with van der Waals surface area (Å²) >= 11 is 0. The first kappa shape index (κ1) is 21.9.